The van der Waals surface area contributed by atoms with Crippen molar-refractivity contribution in [2.24, 2.45) is 5.73 Å². The number of halogens is 3. The van der Waals surface area contributed by atoms with E-state index in [0.717, 1.165) is 6.54 Å². The number of alkyl halides is 3. The number of urea groups is 1. The third-order valence-electron chi connectivity index (χ3n) is 2.65. The molecule has 0 aliphatic carbocycles. The second kappa shape index (κ2) is 11.5. The number of rotatable bonds is 7. The molecule has 0 rings (SSSR count). The van der Waals surface area contributed by atoms with Crippen LogP contribution >= 0.6 is 0 Å². The van der Waals surface area contributed by atoms with Crippen LogP contribution in [0.25, 0.3) is 0 Å². The van der Waals surface area contributed by atoms with E-state index in [4.69, 9.17) is 15.6 Å². The summed E-state index contributed by atoms with van der Waals surface area (Å²) < 4.78 is 31.7. The molecule has 0 aromatic carbocycles. The van der Waals surface area contributed by atoms with Gasteiger partial charge in [0.15, 0.2) is 0 Å². The van der Waals surface area contributed by atoms with Crippen LogP contribution in [-0.2, 0) is 9.59 Å². The van der Waals surface area contributed by atoms with Crippen LogP contribution in [0.5, 0.6) is 0 Å². The molecular formula is C13H25F3N4O4. The number of aliphatic carboxylic acids is 1. The number of carboxylic acid groups (broad SMARTS) is 1. The third kappa shape index (κ3) is 13.6. The number of hydrogen-bond acceptors (Lipinski definition) is 4. The van der Waals surface area contributed by atoms with Gasteiger partial charge in [0.05, 0.1) is 6.54 Å². The van der Waals surface area contributed by atoms with E-state index in [2.05, 4.69) is 43.2 Å². The summed E-state index contributed by atoms with van der Waals surface area (Å²) in [5.74, 6) is -3.31. The summed E-state index contributed by atoms with van der Waals surface area (Å²) in [4.78, 5) is 32.8. The van der Waals surface area contributed by atoms with Crippen LogP contribution in [-0.4, -0.2) is 65.8 Å². The van der Waals surface area contributed by atoms with Gasteiger partial charge in [0.25, 0.3) is 0 Å². The predicted octanol–water partition coefficient (Wildman–Crippen LogP) is 0.523. The molecule has 3 amide bonds. The molecule has 0 atom stereocenters. The summed E-state index contributed by atoms with van der Waals surface area (Å²) >= 11 is 0. The molecule has 24 heavy (non-hydrogen) atoms. The van der Waals surface area contributed by atoms with E-state index < -0.39 is 18.1 Å². The zero-order chi connectivity index (χ0) is 19.5. The van der Waals surface area contributed by atoms with Gasteiger partial charge in [-0.3, -0.25) is 9.69 Å². The standard InChI is InChI=1S/C11H24N4O2.C2HF3O2/c1-8(2)15(9(3)4)6-5-13-11(17)14-7-10(12)16;3-2(4,5)1(6)7/h8-9H,5-7H2,1-4H3,(H2,12,16)(H2,13,14,17);(H,6,7). The van der Waals surface area contributed by atoms with Crippen LogP contribution in [0.2, 0.25) is 0 Å². The van der Waals surface area contributed by atoms with Gasteiger partial charge in [-0.05, 0) is 27.7 Å². The molecule has 0 radical (unpaired) electrons. The Hall–Kier alpha value is -2.04. The molecule has 0 aromatic heterocycles. The molecular weight excluding hydrogens is 333 g/mol. The van der Waals surface area contributed by atoms with Crippen molar-refractivity contribution in [2.75, 3.05) is 19.6 Å². The highest BCUT2D eigenvalue weighted by Crippen LogP contribution is 2.13. The average molecular weight is 358 g/mol. The lowest BCUT2D eigenvalue weighted by molar-refractivity contribution is -0.192. The van der Waals surface area contributed by atoms with E-state index in [1.165, 1.54) is 0 Å². The predicted molar refractivity (Wildman–Crippen MR) is 81.3 cm³/mol. The second-order valence-electron chi connectivity index (χ2n) is 5.30. The quantitative estimate of drug-likeness (QED) is 0.528. The van der Waals surface area contributed by atoms with E-state index in [-0.39, 0.29) is 12.6 Å². The van der Waals surface area contributed by atoms with E-state index in [1.807, 2.05) is 0 Å². The molecule has 0 heterocycles. The Labute approximate surface area is 138 Å². The minimum absolute atomic E-state index is 0.135. The van der Waals surface area contributed by atoms with Gasteiger partial charge in [0.2, 0.25) is 5.91 Å². The molecule has 8 nitrogen and oxygen atoms in total. The first-order valence-corrected chi connectivity index (χ1v) is 7.14. The van der Waals surface area contributed by atoms with Crippen molar-refractivity contribution in [1.29, 1.82) is 0 Å². The smallest absolute Gasteiger partial charge is 0.475 e. The average Bonchev–Trinajstić information content (AvgIpc) is 2.39. The van der Waals surface area contributed by atoms with E-state index in [0.29, 0.717) is 18.6 Å². The summed E-state index contributed by atoms with van der Waals surface area (Å²) in [6.45, 7) is 9.66. The maximum Gasteiger partial charge on any atom is 0.490 e. The Morgan fingerprint density at radius 3 is 1.79 bits per heavy atom. The van der Waals surface area contributed by atoms with Gasteiger partial charge < -0.3 is 21.5 Å². The lowest BCUT2D eigenvalue weighted by atomic mass is 10.2. The molecule has 0 fully saturated rings. The van der Waals surface area contributed by atoms with Gasteiger partial charge >= 0.3 is 18.2 Å². The number of carbonyl (C=O) groups excluding carboxylic acids is 2. The van der Waals surface area contributed by atoms with Crippen molar-refractivity contribution in [3.8, 4) is 0 Å². The SMILES string of the molecule is CC(C)N(CCNC(=O)NCC(N)=O)C(C)C.O=C(O)C(F)(F)F. The highest BCUT2D eigenvalue weighted by molar-refractivity contribution is 5.82. The monoisotopic (exact) mass is 358 g/mol. The number of nitrogens with two attached hydrogens (primary N) is 1. The van der Waals surface area contributed by atoms with E-state index >= 15 is 0 Å². The largest absolute Gasteiger partial charge is 0.490 e. The zero-order valence-electron chi connectivity index (χ0n) is 14.1. The Kier molecular flexibility index (Phi) is 11.6. The van der Waals surface area contributed by atoms with Crippen molar-refractivity contribution in [3.63, 3.8) is 0 Å². The van der Waals surface area contributed by atoms with Crippen molar-refractivity contribution < 1.29 is 32.7 Å². The Morgan fingerprint density at radius 1 is 1.08 bits per heavy atom. The molecule has 0 unspecified atom stereocenters. The summed E-state index contributed by atoms with van der Waals surface area (Å²) in [7, 11) is 0. The highest BCUT2D eigenvalue weighted by Gasteiger charge is 2.38. The molecule has 5 N–H and O–H groups in total. The molecule has 0 saturated carbocycles. The first kappa shape index (κ1) is 24.2. The fourth-order valence-electron chi connectivity index (χ4n) is 1.64. The molecule has 0 spiro atoms. The minimum Gasteiger partial charge on any atom is -0.475 e. The number of nitrogens with zero attached hydrogens (tertiary/aromatic N) is 1. The summed E-state index contributed by atoms with van der Waals surface area (Å²) in [6.07, 6.45) is -5.08. The van der Waals surface area contributed by atoms with Crippen LogP contribution in [0.3, 0.4) is 0 Å². The maximum absolute atomic E-state index is 11.2. The highest BCUT2D eigenvalue weighted by atomic mass is 19.4. The minimum atomic E-state index is -5.08. The molecule has 142 valence electrons. The fourth-order valence-corrected chi connectivity index (χ4v) is 1.64. The third-order valence-corrected chi connectivity index (χ3v) is 2.65. The normalized spacial score (nSPS) is 11.1. The molecule has 11 heteroatoms. The number of carboxylic acids is 1. The van der Waals surface area contributed by atoms with Gasteiger partial charge in [-0.25, -0.2) is 9.59 Å². The topological polar surface area (TPSA) is 125 Å². The first-order valence-electron chi connectivity index (χ1n) is 7.14. The van der Waals surface area contributed by atoms with Gasteiger partial charge in [-0.15, -0.1) is 0 Å². The maximum atomic E-state index is 11.2. The number of nitrogens with one attached hydrogen (secondary N) is 2. The summed E-state index contributed by atoms with van der Waals surface area (Å²) in [5, 5.41) is 12.2. The van der Waals surface area contributed by atoms with Crippen LogP contribution in [0, 0.1) is 0 Å². The molecule has 0 saturated heterocycles. The Balaban J connectivity index is 0. The van der Waals surface area contributed by atoms with Crippen molar-refractivity contribution >= 4 is 17.9 Å². The van der Waals surface area contributed by atoms with Crippen LogP contribution in [0.15, 0.2) is 0 Å². The molecule has 0 aliphatic heterocycles. The number of hydrogen-bond donors (Lipinski definition) is 4. The molecule has 0 aliphatic rings. The van der Waals surface area contributed by atoms with Crippen LogP contribution in [0.4, 0.5) is 18.0 Å². The summed E-state index contributed by atoms with van der Waals surface area (Å²) in [6, 6.07) is 0.507. The lowest BCUT2D eigenvalue weighted by Gasteiger charge is -2.30. The lowest BCUT2D eigenvalue weighted by Crippen LogP contribution is -2.46. The van der Waals surface area contributed by atoms with Crippen LogP contribution < -0.4 is 16.4 Å². The number of carbonyl (C=O) groups is 3. The van der Waals surface area contributed by atoms with Crippen molar-refractivity contribution in [2.45, 2.75) is 46.0 Å². The molecule has 0 aromatic rings. The van der Waals surface area contributed by atoms with Gasteiger partial charge in [-0.2, -0.15) is 13.2 Å². The van der Waals surface area contributed by atoms with E-state index in [1.54, 1.807) is 0 Å². The zero-order valence-corrected chi connectivity index (χ0v) is 14.1. The molecule has 0 bridgehead atoms. The van der Waals surface area contributed by atoms with Gasteiger partial charge in [0, 0.05) is 25.2 Å². The summed E-state index contributed by atoms with van der Waals surface area (Å²) in [5.41, 5.74) is 4.91. The fraction of sp³-hybridized carbons (Fsp3) is 0.769. The van der Waals surface area contributed by atoms with Gasteiger partial charge in [-0.1, -0.05) is 0 Å². The Bertz CT molecular complexity index is 407. The van der Waals surface area contributed by atoms with Crippen LogP contribution in [0.1, 0.15) is 27.7 Å². The first-order chi connectivity index (χ1) is 10.8. The number of primary amides is 1. The van der Waals surface area contributed by atoms with Crippen molar-refractivity contribution in [1.82, 2.24) is 15.5 Å². The van der Waals surface area contributed by atoms with E-state index in [9.17, 15) is 22.8 Å². The second-order valence-corrected chi connectivity index (χ2v) is 5.30. The Morgan fingerprint density at radius 2 is 1.50 bits per heavy atom. The van der Waals surface area contributed by atoms with Gasteiger partial charge in [0.1, 0.15) is 0 Å². The van der Waals surface area contributed by atoms with Crippen molar-refractivity contribution in [3.05, 3.63) is 0 Å². The number of amides is 3.